The lowest BCUT2D eigenvalue weighted by atomic mass is 10.2. The third-order valence-electron chi connectivity index (χ3n) is 3.16. The van der Waals surface area contributed by atoms with E-state index in [0.717, 1.165) is 5.76 Å². The summed E-state index contributed by atoms with van der Waals surface area (Å²) in [4.78, 5) is 4.24. The van der Waals surface area contributed by atoms with Crippen LogP contribution >= 0.6 is 23.2 Å². The van der Waals surface area contributed by atoms with Crippen LogP contribution in [0.5, 0.6) is 0 Å². The molecule has 7 heteroatoms. The van der Waals surface area contributed by atoms with E-state index >= 15 is 0 Å². The molecule has 0 bridgehead atoms. The number of nitrogens with one attached hydrogen (secondary N) is 1. The summed E-state index contributed by atoms with van der Waals surface area (Å²) in [5, 5.41) is 4.01. The van der Waals surface area contributed by atoms with E-state index in [9.17, 15) is 0 Å². The van der Waals surface area contributed by atoms with Crippen molar-refractivity contribution in [1.29, 1.82) is 0 Å². The Bertz CT molecular complexity index is 782. The Labute approximate surface area is 137 Å². The van der Waals surface area contributed by atoms with E-state index < -0.39 is 0 Å². The van der Waals surface area contributed by atoms with Crippen molar-refractivity contribution in [3.63, 3.8) is 0 Å². The first-order valence-electron chi connectivity index (χ1n) is 6.84. The van der Waals surface area contributed by atoms with Crippen molar-refractivity contribution in [2.75, 3.05) is 5.32 Å². The average molecular weight is 340 g/mol. The van der Waals surface area contributed by atoms with Gasteiger partial charge < -0.3 is 19.9 Å². The number of pyridine rings is 1. The standard InChI is InChI=1S/C15H15Cl2N3O2/c1-8(18)5-11-13(17)14-15(22-11)10(6-12(16)20-14)19-7-9-3-2-4-21-9/h2-4,6,8H,5,7,18H2,1H3,(H,19,20)/t8-/m0/s1. The third kappa shape index (κ3) is 3.06. The van der Waals surface area contributed by atoms with Gasteiger partial charge in [-0.1, -0.05) is 23.2 Å². The lowest BCUT2D eigenvalue weighted by Crippen LogP contribution is -2.17. The molecule has 0 saturated carbocycles. The van der Waals surface area contributed by atoms with Gasteiger partial charge in [-0.25, -0.2) is 4.98 Å². The maximum atomic E-state index is 6.33. The number of fused-ring (bicyclic) bond motifs is 1. The zero-order valence-electron chi connectivity index (χ0n) is 11.9. The predicted molar refractivity (Wildman–Crippen MR) is 87.4 cm³/mol. The highest BCUT2D eigenvalue weighted by molar-refractivity contribution is 6.36. The lowest BCUT2D eigenvalue weighted by molar-refractivity contribution is 0.516. The Morgan fingerprint density at radius 1 is 1.41 bits per heavy atom. The fraction of sp³-hybridized carbons (Fsp3) is 0.267. The van der Waals surface area contributed by atoms with Gasteiger partial charge in [-0.15, -0.1) is 0 Å². The number of halogens is 2. The van der Waals surface area contributed by atoms with Crippen LogP contribution in [0.2, 0.25) is 10.2 Å². The fourth-order valence-electron chi connectivity index (χ4n) is 2.20. The number of nitrogens with zero attached hydrogens (tertiary/aromatic N) is 1. The largest absolute Gasteiger partial charge is 0.467 e. The van der Waals surface area contributed by atoms with Crippen molar-refractivity contribution in [1.82, 2.24) is 4.98 Å². The van der Waals surface area contributed by atoms with Gasteiger partial charge in [-0.05, 0) is 19.1 Å². The third-order valence-corrected chi connectivity index (χ3v) is 3.74. The van der Waals surface area contributed by atoms with Gasteiger partial charge in [0.25, 0.3) is 0 Å². The summed E-state index contributed by atoms with van der Waals surface area (Å²) in [5.74, 6) is 1.41. The monoisotopic (exact) mass is 339 g/mol. The SMILES string of the molecule is C[C@H](N)Cc1oc2c(NCc3ccco3)cc(Cl)nc2c1Cl. The molecule has 0 aliphatic heterocycles. The Balaban J connectivity index is 1.98. The van der Waals surface area contributed by atoms with Crippen LogP contribution < -0.4 is 11.1 Å². The predicted octanol–water partition coefficient (Wildman–Crippen LogP) is 4.23. The number of furan rings is 2. The van der Waals surface area contributed by atoms with Gasteiger partial charge in [-0.3, -0.25) is 0 Å². The molecule has 0 radical (unpaired) electrons. The molecule has 3 N–H and O–H groups in total. The van der Waals surface area contributed by atoms with Crippen LogP contribution in [-0.2, 0) is 13.0 Å². The molecule has 0 aromatic carbocycles. The minimum Gasteiger partial charge on any atom is -0.467 e. The van der Waals surface area contributed by atoms with Gasteiger partial charge >= 0.3 is 0 Å². The van der Waals surface area contributed by atoms with E-state index in [-0.39, 0.29) is 6.04 Å². The molecule has 0 spiro atoms. The van der Waals surface area contributed by atoms with Crippen molar-refractivity contribution in [3.8, 4) is 0 Å². The lowest BCUT2D eigenvalue weighted by Gasteiger charge is -2.05. The Morgan fingerprint density at radius 2 is 2.23 bits per heavy atom. The van der Waals surface area contributed by atoms with Gasteiger partial charge in [-0.2, -0.15) is 0 Å². The highest BCUT2D eigenvalue weighted by atomic mass is 35.5. The maximum Gasteiger partial charge on any atom is 0.177 e. The maximum absolute atomic E-state index is 6.33. The van der Waals surface area contributed by atoms with Crippen molar-refractivity contribution in [2.24, 2.45) is 5.73 Å². The van der Waals surface area contributed by atoms with Crippen LogP contribution in [-0.4, -0.2) is 11.0 Å². The van der Waals surface area contributed by atoms with E-state index in [1.807, 2.05) is 19.1 Å². The Hall–Kier alpha value is -1.69. The smallest absolute Gasteiger partial charge is 0.177 e. The molecule has 0 aliphatic rings. The second-order valence-electron chi connectivity index (χ2n) is 5.12. The van der Waals surface area contributed by atoms with Crippen molar-refractivity contribution in [3.05, 3.63) is 46.2 Å². The second-order valence-corrected chi connectivity index (χ2v) is 5.89. The first kappa shape index (κ1) is 15.2. The molecule has 0 amide bonds. The van der Waals surface area contributed by atoms with E-state index in [2.05, 4.69) is 10.3 Å². The molecule has 0 aliphatic carbocycles. The molecule has 22 heavy (non-hydrogen) atoms. The molecule has 3 aromatic heterocycles. The number of rotatable bonds is 5. The Morgan fingerprint density at radius 3 is 2.91 bits per heavy atom. The second kappa shape index (κ2) is 6.20. The summed E-state index contributed by atoms with van der Waals surface area (Å²) in [6.07, 6.45) is 2.15. The van der Waals surface area contributed by atoms with Crippen LogP contribution in [0.1, 0.15) is 18.4 Å². The average Bonchev–Trinajstić information content (AvgIpc) is 3.07. The van der Waals surface area contributed by atoms with E-state index in [0.29, 0.717) is 45.7 Å². The van der Waals surface area contributed by atoms with Gasteiger partial charge in [0.2, 0.25) is 0 Å². The summed E-state index contributed by atoms with van der Waals surface area (Å²) in [5.41, 5.74) is 7.63. The zero-order valence-corrected chi connectivity index (χ0v) is 13.4. The normalized spacial score (nSPS) is 12.7. The molecule has 3 aromatic rings. The van der Waals surface area contributed by atoms with Gasteiger partial charge in [0.15, 0.2) is 5.58 Å². The summed E-state index contributed by atoms with van der Waals surface area (Å²) in [6, 6.07) is 5.34. The summed E-state index contributed by atoms with van der Waals surface area (Å²) in [6.45, 7) is 2.39. The fourth-order valence-corrected chi connectivity index (χ4v) is 2.64. The first-order chi connectivity index (χ1) is 10.5. The quantitative estimate of drug-likeness (QED) is 0.680. The number of anilines is 1. The van der Waals surface area contributed by atoms with Crippen molar-refractivity contribution in [2.45, 2.75) is 25.9 Å². The van der Waals surface area contributed by atoms with Gasteiger partial charge in [0.05, 0.1) is 18.5 Å². The van der Waals surface area contributed by atoms with Crippen molar-refractivity contribution >= 4 is 40.0 Å². The van der Waals surface area contributed by atoms with Crippen LogP contribution in [0.15, 0.2) is 33.3 Å². The summed E-state index contributed by atoms with van der Waals surface area (Å²) in [7, 11) is 0. The molecule has 0 fully saturated rings. The molecule has 5 nitrogen and oxygen atoms in total. The summed E-state index contributed by atoms with van der Waals surface area (Å²) < 4.78 is 11.1. The van der Waals surface area contributed by atoms with Gasteiger partial charge in [0.1, 0.15) is 27.2 Å². The summed E-state index contributed by atoms with van der Waals surface area (Å²) >= 11 is 12.4. The molecule has 116 valence electrons. The van der Waals surface area contributed by atoms with Crippen LogP contribution in [0.4, 0.5) is 5.69 Å². The van der Waals surface area contributed by atoms with Crippen LogP contribution in [0.25, 0.3) is 11.1 Å². The molecule has 3 rings (SSSR count). The van der Waals surface area contributed by atoms with Gasteiger partial charge in [0, 0.05) is 18.5 Å². The molecule has 3 heterocycles. The topological polar surface area (TPSA) is 77.2 Å². The van der Waals surface area contributed by atoms with Crippen LogP contribution in [0, 0.1) is 0 Å². The Kier molecular flexibility index (Phi) is 4.29. The first-order valence-corrected chi connectivity index (χ1v) is 7.59. The minimum atomic E-state index is -0.0620. The molecule has 0 saturated heterocycles. The molecule has 0 unspecified atom stereocenters. The number of hydrogen-bond acceptors (Lipinski definition) is 5. The zero-order chi connectivity index (χ0) is 15.7. The number of hydrogen-bond donors (Lipinski definition) is 2. The number of nitrogens with two attached hydrogens (primary N) is 1. The van der Waals surface area contributed by atoms with Crippen molar-refractivity contribution < 1.29 is 8.83 Å². The van der Waals surface area contributed by atoms with E-state index in [1.165, 1.54) is 0 Å². The minimum absolute atomic E-state index is 0.0620. The van der Waals surface area contributed by atoms with Crippen LogP contribution in [0.3, 0.4) is 0 Å². The van der Waals surface area contributed by atoms with E-state index in [1.54, 1.807) is 12.3 Å². The van der Waals surface area contributed by atoms with E-state index in [4.69, 9.17) is 37.8 Å². The highest BCUT2D eigenvalue weighted by Gasteiger charge is 2.18. The molecule has 1 atom stereocenters. The molecular formula is C15H15Cl2N3O2. The number of aromatic nitrogens is 1. The molecular weight excluding hydrogens is 325 g/mol. The highest BCUT2D eigenvalue weighted by Crippen LogP contribution is 2.35.